The lowest BCUT2D eigenvalue weighted by Crippen LogP contribution is -2.43. The van der Waals surface area contributed by atoms with Gasteiger partial charge in [0, 0.05) is 47.7 Å². The predicted octanol–water partition coefficient (Wildman–Crippen LogP) is 2.93. The zero-order valence-electron chi connectivity index (χ0n) is 12.3. The van der Waals surface area contributed by atoms with Gasteiger partial charge in [0.1, 0.15) is 0 Å². The van der Waals surface area contributed by atoms with Crippen LogP contribution in [0.1, 0.15) is 31.4 Å². The van der Waals surface area contributed by atoms with Gasteiger partial charge in [0.05, 0.1) is 7.11 Å². The van der Waals surface area contributed by atoms with E-state index in [2.05, 4.69) is 31.9 Å². The average molecular weight is 324 g/mol. The molecule has 3 rings (SSSR count). The quantitative estimate of drug-likeness (QED) is 0.916. The van der Waals surface area contributed by atoms with Crippen molar-refractivity contribution >= 4 is 28.0 Å². The standard InChI is InChI=1S/C14H20N4OS2/c1-10(12-9-21-17-13(12)19-2)16-11-3-6-18(7-4-11)14-15-5-8-20-14/h5,8-11,16H,3-4,6-7H2,1-2H3. The molecule has 5 nitrogen and oxygen atoms in total. The molecule has 0 aromatic carbocycles. The zero-order valence-corrected chi connectivity index (χ0v) is 13.9. The molecule has 1 unspecified atom stereocenters. The van der Waals surface area contributed by atoms with E-state index >= 15 is 0 Å². The van der Waals surface area contributed by atoms with E-state index in [4.69, 9.17) is 4.74 Å². The van der Waals surface area contributed by atoms with Crippen LogP contribution in [0.25, 0.3) is 0 Å². The number of rotatable bonds is 5. The minimum absolute atomic E-state index is 0.273. The van der Waals surface area contributed by atoms with Gasteiger partial charge >= 0.3 is 0 Å². The van der Waals surface area contributed by atoms with Crippen LogP contribution in [-0.4, -0.2) is 35.6 Å². The summed E-state index contributed by atoms with van der Waals surface area (Å²) in [7, 11) is 1.68. The van der Waals surface area contributed by atoms with Crippen LogP contribution in [0.2, 0.25) is 0 Å². The lowest BCUT2D eigenvalue weighted by atomic mass is 10.0. The third-order valence-electron chi connectivity index (χ3n) is 3.89. The first-order chi connectivity index (χ1) is 10.3. The van der Waals surface area contributed by atoms with Crippen LogP contribution in [0.5, 0.6) is 5.88 Å². The summed E-state index contributed by atoms with van der Waals surface area (Å²) in [6.07, 6.45) is 4.16. The maximum Gasteiger partial charge on any atom is 0.229 e. The summed E-state index contributed by atoms with van der Waals surface area (Å²) < 4.78 is 9.56. The van der Waals surface area contributed by atoms with Gasteiger partial charge in [-0.05, 0) is 31.3 Å². The molecule has 21 heavy (non-hydrogen) atoms. The van der Waals surface area contributed by atoms with Crippen LogP contribution < -0.4 is 15.0 Å². The number of hydrogen-bond acceptors (Lipinski definition) is 7. The molecule has 0 saturated carbocycles. The Bertz CT molecular complexity index is 549. The van der Waals surface area contributed by atoms with Crippen LogP contribution in [0.4, 0.5) is 5.13 Å². The van der Waals surface area contributed by atoms with E-state index in [9.17, 15) is 0 Å². The molecule has 7 heteroatoms. The minimum Gasteiger partial charge on any atom is -0.480 e. The van der Waals surface area contributed by atoms with Crippen molar-refractivity contribution in [1.29, 1.82) is 0 Å². The third kappa shape index (κ3) is 3.36. The first-order valence-electron chi connectivity index (χ1n) is 7.16. The van der Waals surface area contributed by atoms with Gasteiger partial charge in [0.25, 0.3) is 0 Å². The normalized spacial score (nSPS) is 17.9. The van der Waals surface area contributed by atoms with Crippen LogP contribution in [-0.2, 0) is 0 Å². The molecule has 0 radical (unpaired) electrons. The zero-order chi connectivity index (χ0) is 14.7. The molecule has 0 spiro atoms. The van der Waals surface area contributed by atoms with Gasteiger partial charge in [0.15, 0.2) is 5.13 Å². The molecule has 1 aliphatic rings. The molecule has 2 aromatic rings. The van der Waals surface area contributed by atoms with Gasteiger partial charge in [-0.1, -0.05) is 0 Å². The van der Waals surface area contributed by atoms with Gasteiger partial charge in [-0.15, -0.1) is 11.3 Å². The molecule has 0 aliphatic carbocycles. The number of nitrogens with zero attached hydrogens (tertiary/aromatic N) is 3. The Hall–Kier alpha value is -1.18. The highest BCUT2D eigenvalue weighted by Gasteiger charge is 2.23. The largest absolute Gasteiger partial charge is 0.480 e. The summed E-state index contributed by atoms with van der Waals surface area (Å²) in [5.74, 6) is 0.750. The van der Waals surface area contributed by atoms with Gasteiger partial charge in [0.2, 0.25) is 5.88 Å². The number of nitrogens with one attached hydrogen (secondary N) is 1. The first kappa shape index (κ1) is 14.7. The molecule has 1 N–H and O–H groups in total. The van der Waals surface area contributed by atoms with Crippen molar-refractivity contribution in [2.45, 2.75) is 31.8 Å². The minimum atomic E-state index is 0.273. The third-order valence-corrected chi connectivity index (χ3v) is 5.36. The number of thiazole rings is 1. The molecule has 114 valence electrons. The Labute approximate surface area is 133 Å². The van der Waals surface area contributed by atoms with Gasteiger partial charge < -0.3 is 15.0 Å². The molecule has 0 bridgehead atoms. The Kier molecular flexibility index (Phi) is 4.72. The predicted molar refractivity (Wildman–Crippen MR) is 87.6 cm³/mol. The van der Waals surface area contributed by atoms with Crippen molar-refractivity contribution in [2.75, 3.05) is 25.1 Å². The van der Waals surface area contributed by atoms with Crippen molar-refractivity contribution in [3.8, 4) is 5.88 Å². The highest BCUT2D eigenvalue weighted by atomic mass is 32.1. The highest BCUT2D eigenvalue weighted by molar-refractivity contribution is 7.13. The summed E-state index contributed by atoms with van der Waals surface area (Å²) >= 11 is 3.17. The van der Waals surface area contributed by atoms with E-state index in [0.717, 1.165) is 42.5 Å². The van der Waals surface area contributed by atoms with E-state index in [1.54, 1.807) is 18.4 Å². The maximum absolute atomic E-state index is 5.31. The average Bonchev–Trinajstić information content (AvgIpc) is 3.19. The molecule has 1 saturated heterocycles. The second-order valence-electron chi connectivity index (χ2n) is 5.24. The Morgan fingerprint density at radius 3 is 2.90 bits per heavy atom. The van der Waals surface area contributed by atoms with Crippen molar-refractivity contribution in [3.63, 3.8) is 0 Å². The highest BCUT2D eigenvalue weighted by Crippen LogP contribution is 2.27. The second-order valence-corrected chi connectivity index (χ2v) is 6.75. The van der Waals surface area contributed by atoms with Crippen LogP contribution in [0, 0.1) is 0 Å². The summed E-state index contributed by atoms with van der Waals surface area (Å²) in [5.41, 5.74) is 1.16. The fourth-order valence-electron chi connectivity index (χ4n) is 2.73. The molecule has 3 heterocycles. The second kappa shape index (κ2) is 6.72. The number of anilines is 1. The number of ether oxygens (including phenoxy) is 1. The van der Waals surface area contributed by atoms with Crippen molar-refractivity contribution in [3.05, 3.63) is 22.5 Å². The van der Waals surface area contributed by atoms with E-state index < -0.39 is 0 Å². The lowest BCUT2D eigenvalue weighted by Gasteiger charge is -2.33. The fraction of sp³-hybridized carbons (Fsp3) is 0.571. The summed E-state index contributed by atoms with van der Waals surface area (Å²) in [5, 5.41) is 8.96. The van der Waals surface area contributed by atoms with Crippen LogP contribution in [0.15, 0.2) is 17.0 Å². The van der Waals surface area contributed by atoms with Crippen molar-refractivity contribution in [2.24, 2.45) is 0 Å². The van der Waals surface area contributed by atoms with E-state index in [-0.39, 0.29) is 6.04 Å². The van der Waals surface area contributed by atoms with E-state index in [1.807, 2.05) is 11.6 Å². The van der Waals surface area contributed by atoms with Crippen molar-refractivity contribution in [1.82, 2.24) is 14.7 Å². The van der Waals surface area contributed by atoms with E-state index in [1.165, 1.54) is 11.5 Å². The maximum atomic E-state index is 5.31. The number of piperidine rings is 1. The lowest BCUT2D eigenvalue weighted by molar-refractivity contribution is 0.361. The monoisotopic (exact) mass is 324 g/mol. The summed E-state index contributed by atoms with van der Waals surface area (Å²) in [6.45, 7) is 4.31. The number of aromatic nitrogens is 2. The SMILES string of the molecule is COc1nscc1C(C)NC1CCN(c2nccs2)CC1. The Morgan fingerprint density at radius 2 is 2.24 bits per heavy atom. The molecule has 1 aliphatic heterocycles. The van der Waals surface area contributed by atoms with Crippen molar-refractivity contribution < 1.29 is 4.74 Å². The fourth-order valence-corrected chi connectivity index (χ4v) is 4.17. The van der Waals surface area contributed by atoms with Gasteiger partial charge in [-0.3, -0.25) is 0 Å². The molecule has 2 aromatic heterocycles. The molecule has 1 atom stereocenters. The van der Waals surface area contributed by atoms with E-state index in [0.29, 0.717) is 6.04 Å². The Morgan fingerprint density at radius 1 is 1.43 bits per heavy atom. The smallest absolute Gasteiger partial charge is 0.229 e. The molecular formula is C14H20N4OS2. The number of methoxy groups -OCH3 is 1. The first-order valence-corrected chi connectivity index (χ1v) is 8.88. The summed E-state index contributed by atoms with van der Waals surface area (Å²) in [4.78, 5) is 6.77. The number of hydrogen-bond donors (Lipinski definition) is 1. The molecule has 0 amide bonds. The topological polar surface area (TPSA) is 50.3 Å². The Balaban J connectivity index is 1.53. The van der Waals surface area contributed by atoms with Gasteiger partial charge in [-0.2, -0.15) is 4.37 Å². The van der Waals surface area contributed by atoms with Gasteiger partial charge in [-0.25, -0.2) is 4.98 Å². The molecule has 1 fully saturated rings. The molecular weight excluding hydrogens is 304 g/mol. The van der Waals surface area contributed by atoms with Crippen LogP contribution in [0.3, 0.4) is 0 Å². The summed E-state index contributed by atoms with van der Waals surface area (Å²) in [6, 6.07) is 0.816. The van der Waals surface area contributed by atoms with Crippen LogP contribution >= 0.6 is 22.9 Å².